The van der Waals surface area contributed by atoms with Crippen molar-refractivity contribution < 1.29 is 32.2 Å². The predicted molar refractivity (Wildman–Crippen MR) is 98.7 cm³/mol. The Morgan fingerprint density at radius 3 is 2.07 bits per heavy atom. The number of alkyl halides is 3. The third kappa shape index (κ3) is 6.21. The van der Waals surface area contributed by atoms with Crippen molar-refractivity contribution in [1.29, 1.82) is 0 Å². The van der Waals surface area contributed by atoms with Gasteiger partial charge >= 0.3 is 12.1 Å². The minimum absolute atomic E-state index is 0.337. The van der Waals surface area contributed by atoms with Gasteiger partial charge in [0.1, 0.15) is 12.4 Å². The van der Waals surface area contributed by atoms with Gasteiger partial charge in [0.05, 0.1) is 0 Å². The van der Waals surface area contributed by atoms with Gasteiger partial charge in [0, 0.05) is 20.5 Å². The zero-order chi connectivity index (χ0) is 21.7. The highest BCUT2D eigenvalue weighted by atomic mass is 19.4. The fourth-order valence-corrected chi connectivity index (χ4v) is 2.50. The summed E-state index contributed by atoms with van der Waals surface area (Å²) in [5, 5.41) is 0. The summed E-state index contributed by atoms with van der Waals surface area (Å²) in [6.07, 6.45) is -5.71. The molecule has 9 heteroatoms. The number of hydrogen-bond acceptors (Lipinski definition) is 5. The number of carbonyl (C=O) groups excluding carboxylic acids is 2. The molecule has 0 spiro atoms. The van der Waals surface area contributed by atoms with Gasteiger partial charge in [0.25, 0.3) is 5.91 Å². The maximum absolute atomic E-state index is 12.6. The number of carbonyl (C=O) groups is 2. The van der Waals surface area contributed by atoms with E-state index in [9.17, 15) is 22.8 Å². The molecule has 0 bridgehead atoms. The highest BCUT2D eigenvalue weighted by Gasteiger charge is 2.48. The van der Waals surface area contributed by atoms with Crippen molar-refractivity contribution in [3.8, 4) is 5.75 Å². The summed E-state index contributed by atoms with van der Waals surface area (Å²) in [5.74, 6) is -2.98. The Hall–Kier alpha value is -3.07. The van der Waals surface area contributed by atoms with Crippen LogP contribution in [0.4, 0.5) is 13.2 Å². The second-order valence-electron chi connectivity index (χ2n) is 6.57. The molecule has 0 heterocycles. The van der Waals surface area contributed by atoms with E-state index in [1.807, 2.05) is 30.3 Å². The Kier molecular flexibility index (Phi) is 6.86. The van der Waals surface area contributed by atoms with Gasteiger partial charge < -0.3 is 14.4 Å². The first-order chi connectivity index (χ1) is 13.5. The quantitative estimate of drug-likeness (QED) is 0.561. The van der Waals surface area contributed by atoms with Gasteiger partial charge in [-0.15, -0.1) is 0 Å². The van der Waals surface area contributed by atoms with E-state index in [0.29, 0.717) is 17.9 Å². The molecule has 0 aliphatic rings. The SMILES string of the molecule is CN(C)C(=O)[C@](N)(Cc1ccc(OCc2ccccc2)cc1)OC(=O)C(F)(F)F. The van der Waals surface area contributed by atoms with Crippen molar-refractivity contribution in [2.45, 2.75) is 24.9 Å². The zero-order valence-corrected chi connectivity index (χ0v) is 15.9. The van der Waals surface area contributed by atoms with E-state index >= 15 is 0 Å². The maximum atomic E-state index is 12.6. The third-order valence-electron chi connectivity index (χ3n) is 3.91. The second kappa shape index (κ2) is 8.95. The molecule has 0 aliphatic carbocycles. The number of benzene rings is 2. The summed E-state index contributed by atoms with van der Waals surface area (Å²) < 4.78 is 47.8. The summed E-state index contributed by atoms with van der Waals surface area (Å²) >= 11 is 0. The number of nitrogens with two attached hydrogens (primary N) is 1. The van der Waals surface area contributed by atoms with Crippen LogP contribution in [0.5, 0.6) is 5.75 Å². The van der Waals surface area contributed by atoms with Crippen LogP contribution in [-0.4, -0.2) is 42.8 Å². The standard InChI is InChI=1S/C20H21F3N2O4/c1-25(2)17(26)19(24,29-18(27)20(21,22)23)12-14-8-10-16(11-9-14)28-13-15-6-4-3-5-7-15/h3-11H,12-13,24H2,1-2H3/t19-/m0/s1. The Morgan fingerprint density at radius 2 is 1.55 bits per heavy atom. The topological polar surface area (TPSA) is 81.9 Å². The Bertz CT molecular complexity index is 839. The Labute approximate surface area is 166 Å². The summed E-state index contributed by atoms with van der Waals surface area (Å²) in [7, 11) is 2.60. The third-order valence-corrected chi connectivity index (χ3v) is 3.91. The van der Waals surface area contributed by atoms with Gasteiger partial charge in [0.2, 0.25) is 5.72 Å². The van der Waals surface area contributed by atoms with Crippen molar-refractivity contribution in [3.05, 3.63) is 65.7 Å². The number of amides is 1. The molecule has 2 aromatic rings. The normalized spacial score (nSPS) is 13.3. The fourth-order valence-electron chi connectivity index (χ4n) is 2.50. The van der Waals surface area contributed by atoms with Crippen LogP contribution in [0.2, 0.25) is 0 Å². The van der Waals surface area contributed by atoms with Gasteiger partial charge in [-0.3, -0.25) is 10.5 Å². The van der Waals surface area contributed by atoms with Crippen LogP contribution in [0.25, 0.3) is 0 Å². The Balaban J connectivity index is 2.11. The minimum atomic E-state index is -5.27. The van der Waals surface area contributed by atoms with Crippen LogP contribution in [0.15, 0.2) is 54.6 Å². The lowest BCUT2D eigenvalue weighted by Gasteiger charge is -2.30. The predicted octanol–water partition coefficient (Wildman–Crippen LogP) is 2.66. The molecular weight excluding hydrogens is 389 g/mol. The summed E-state index contributed by atoms with van der Waals surface area (Å²) in [6.45, 7) is 0.337. The maximum Gasteiger partial charge on any atom is 0.491 e. The van der Waals surface area contributed by atoms with Crippen molar-refractivity contribution in [2.75, 3.05) is 14.1 Å². The highest BCUT2D eigenvalue weighted by Crippen LogP contribution is 2.24. The number of esters is 1. The van der Waals surface area contributed by atoms with Crippen LogP contribution in [0, 0.1) is 0 Å². The largest absolute Gasteiger partial charge is 0.491 e. The summed E-state index contributed by atoms with van der Waals surface area (Å²) in [6, 6.07) is 15.7. The first kappa shape index (κ1) is 22.2. The fraction of sp³-hybridized carbons (Fsp3) is 0.300. The molecule has 156 valence electrons. The highest BCUT2D eigenvalue weighted by molar-refractivity contribution is 5.88. The van der Waals surface area contributed by atoms with Gasteiger partial charge in [-0.05, 0) is 23.3 Å². The number of ether oxygens (including phenoxy) is 2. The van der Waals surface area contributed by atoms with Crippen LogP contribution in [-0.2, 0) is 27.4 Å². The molecule has 2 N–H and O–H groups in total. The van der Waals surface area contributed by atoms with Gasteiger partial charge in [0.15, 0.2) is 0 Å². The molecule has 6 nitrogen and oxygen atoms in total. The number of hydrogen-bond donors (Lipinski definition) is 1. The number of nitrogens with zero attached hydrogens (tertiary/aromatic N) is 1. The first-order valence-electron chi connectivity index (χ1n) is 8.58. The van der Waals surface area contributed by atoms with Crippen molar-refractivity contribution in [2.24, 2.45) is 5.73 Å². The number of rotatable bonds is 7. The Morgan fingerprint density at radius 1 is 0.966 bits per heavy atom. The van der Waals surface area contributed by atoms with Crippen LogP contribution in [0.1, 0.15) is 11.1 Å². The number of likely N-dealkylation sites (N-methyl/N-ethyl adjacent to an activating group) is 1. The minimum Gasteiger partial charge on any atom is -0.489 e. The lowest BCUT2D eigenvalue weighted by atomic mass is 10.0. The lowest BCUT2D eigenvalue weighted by molar-refractivity contribution is -0.215. The van der Waals surface area contributed by atoms with Crippen molar-refractivity contribution >= 4 is 11.9 Å². The monoisotopic (exact) mass is 410 g/mol. The molecule has 0 aromatic heterocycles. The van der Waals surface area contributed by atoms with Crippen LogP contribution in [0.3, 0.4) is 0 Å². The molecule has 0 fully saturated rings. The van der Waals surface area contributed by atoms with E-state index in [4.69, 9.17) is 10.5 Å². The van der Waals surface area contributed by atoms with E-state index in [-0.39, 0.29) is 0 Å². The molecule has 29 heavy (non-hydrogen) atoms. The molecule has 1 amide bonds. The lowest BCUT2D eigenvalue weighted by Crippen LogP contribution is -2.59. The summed E-state index contributed by atoms with van der Waals surface area (Å²) in [4.78, 5) is 24.5. The molecule has 2 rings (SSSR count). The average molecular weight is 410 g/mol. The van der Waals surface area contributed by atoms with E-state index in [1.165, 1.54) is 26.2 Å². The zero-order valence-electron chi connectivity index (χ0n) is 15.9. The van der Waals surface area contributed by atoms with Gasteiger partial charge in [-0.1, -0.05) is 42.5 Å². The van der Waals surface area contributed by atoms with Crippen LogP contribution < -0.4 is 10.5 Å². The van der Waals surface area contributed by atoms with E-state index in [2.05, 4.69) is 4.74 Å². The van der Waals surface area contributed by atoms with Gasteiger partial charge in [-0.25, -0.2) is 4.79 Å². The summed E-state index contributed by atoms with van der Waals surface area (Å²) in [5.41, 5.74) is 4.64. The molecule has 0 saturated heterocycles. The molecule has 0 unspecified atom stereocenters. The molecule has 0 aliphatic heterocycles. The van der Waals surface area contributed by atoms with E-state index < -0.39 is 30.2 Å². The average Bonchev–Trinajstić information content (AvgIpc) is 2.66. The van der Waals surface area contributed by atoms with Gasteiger partial charge in [-0.2, -0.15) is 13.2 Å². The number of halogens is 3. The van der Waals surface area contributed by atoms with E-state index in [0.717, 1.165) is 10.5 Å². The van der Waals surface area contributed by atoms with Crippen molar-refractivity contribution in [1.82, 2.24) is 4.90 Å². The molecular formula is C20H21F3N2O4. The smallest absolute Gasteiger partial charge is 0.489 e. The van der Waals surface area contributed by atoms with Crippen molar-refractivity contribution in [3.63, 3.8) is 0 Å². The molecule has 0 radical (unpaired) electrons. The second-order valence-corrected chi connectivity index (χ2v) is 6.57. The molecule has 0 saturated carbocycles. The van der Waals surface area contributed by atoms with Crippen LogP contribution >= 0.6 is 0 Å². The molecule has 1 atom stereocenters. The van der Waals surface area contributed by atoms with E-state index in [1.54, 1.807) is 12.1 Å². The first-order valence-corrected chi connectivity index (χ1v) is 8.58. The molecule has 2 aromatic carbocycles.